The highest BCUT2D eigenvalue weighted by atomic mass is 35.5. The summed E-state index contributed by atoms with van der Waals surface area (Å²) in [6, 6.07) is 3.06. The molecule has 0 aliphatic heterocycles. The summed E-state index contributed by atoms with van der Waals surface area (Å²) in [5, 5.41) is 3.19. The highest BCUT2D eigenvalue weighted by Gasteiger charge is 2.17. The van der Waals surface area contributed by atoms with Gasteiger partial charge < -0.3 is 25.4 Å². The number of amides is 1. The lowest BCUT2D eigenvalue weighted by Crippen LogP contribution is -2.35. The number of nitrogen functional groups attached to an aromatic ring is 1. The van der Waals surface area contributed by atoms with Crippen LogP contribution in [0.5, 0.6) is 5.75 Å². The van der Waals surface area contributed by atoms with Crippen LogP contribution in [0.1, 0.15) is 23.7 Å². The minimum absolute atomic E-state index is 0.0402. The van der Waals surface area contributed by atoms with Crippen LogP contribution in [0.25, 0.3) is 0 Å². The van der Waals surface area contributed by atoms with E-state index in [0.717, 1.165) is 13.0 Å². The first-order chi connectivity index (χ1) is 10.9. The number of ether oxygens (including phenoxy) is 2. The number of methoxy groups -OCH3 is 1. The van der Waals surface area contributed by atoms with Gasteiger partial charge in [0.2, 0.25) is 0 Å². The number of benzene rings is 1. The average Bonchev–Trinajstić information content (AvgIpc) is 2.51. The zero-order valence-electron chi connectivity index (χ0n) is 14.2. The van der Waals surface area contributed by atoms with Crippen LogP contribution in [-0.4, -0.2) is 57.8 Å². The number of carbonyl (C=O) groups excluding carboxylic acids is 1. The van der Waals surface area contributed by atoms with E-state index >= 15 is 0 Å². The topological polar surface area (TPSA) is 76.8 Å². The number of rotatable bonds is 9. The Morgan fingerprint density at radius 3 is 2.70 bits per heavy atom. The molecule has 0 spiro atoms. The third-order valence-electron chi connectivity index (χ3n) is 3.35. The molecule has 130 valence electrons. The first-order valence-electron chi connectivity index (χ1n) is 7.56. The largest absolute Gasteiger partial charge is 0.496 e. The molecule has 0 aliphatic rings. The maximum Gasteiger partial charge on any atom is 0.255 e. The summed E-state index contributed by atoms with van der Waals surface area (Å²) in [6.45, 7) is 3.85. The van der Waals surface area contributed by atoms with Gasteiger partial charge in [-0.05, 0) is 33.5 Å². The van der Waals surface area contributed by atoms with Crippen LogP contribution in [0.2, 0.25) is 5.02 Å². The molecule has 3 N–H and O–H groups in total. The van der Waals surface area contributed by atoms with Gasteiger partial charge in [0.15, 0.2) is 0 Å². The van der Waals surface area contributed by atoms with Crippen molar-refractivity contribution >= 4 is 23.2 Å². The van der Waals surface area contributed by atoms with Crippen LogP contribution in [0, 0.1) is 0 Å². The zero-order valence-corrected chi connectivity index (χ0v) is 14.9. The normalized spacial score (nSPS) is 12.3. The molecule has 1 aromatic rings. The standard InChI is InChI=1S/C16H26ClN3O3/c1-5-23-11(6-7-20(2)3)10-19-16(21)12-8-13(17)14(18)9-15(12)22-4/h8-9,11H,5-7,10,18H2,1-4H3,(H,19,21). The van der Waals surface area contributed by atoms with Crippen molar-refractivity contribution in [3.63, 3.8) is 0 Å². The Labute approximate surface area is 142 Å². The quantitative estimate of drug-likeness (QED) is 0.671. The van der Waals surface area contributed by atoms with Crippen molar-refractivity contribution in [3.05, 3.63) is 22.7 Å². The van der Waals surface area contributed by atoms with E-state index in [1.54, 1.807) is 6.07 Å². The molecule has 0 bridgehead atoms. The van der Waals surface area contributed by atoms with E-state index in [1.165, 1.54) is 13.2 Å². The molecule has 6 nitrogen and oxygen atoms in total. The van der Waals surface area contributed by atoms with Gasteiger partial charge in [-0.3, -0.25) is 4.79 Å². The summed E-state index contributed by atoms with van der Waals surface area (Å²) in [5.41, 5.74) is 6.46. The van der Waals surface area contributed by atoms with Gasteiger partial charge in [-0.2, -0.15) is 0 Å². The molecule has 0 fully saturated rings. The maximum absolute atomic E-state index is 12.4. The monoisotopic (exact) mass is 343 g/mol. The number of hydrogen-bond donors (Lipinski definition) is 2. The van der Waals surface area contributed by atoms with E-state index in [9.17, 15) is 4.79 Å². The molecule has 0 aromatic heterocycles. The summed E-state index contributed by atoms with van der Waals surface area (Å²) in [4.78, 5) is 14.5. The van der Waals surface area contributed by atoms with E-state index in [1.807, 2.05) is 21.0 Å². The summed E-state index contributed by atoms with van der Waals surface area (Å²) in [6.07, 6.45) is 0.794. The van der Waals surface area contributed by atoms with Gasteiger partial charge in [0.1, 0.15) is 5.75 Å². The first kappa shape index (κ1) is 19.5. The first-order valence-corrected chi connectivity index (χ1v) is 7.94. The maximum atomic E-state index is 12.4. The lowest BCUT2D eigenvalue weighted by atomic mass is 10.1. The van der Waals surface area contributed by atoms with Crippen molar-refractivity contribution < 1.29 is 14.3 Å². The summed E-state index contributed by atoms with van der Waals surface area (Å²) in [7, 11) is 5.49. The van der Waals surface area contributed by atoms with Crippen molar-refractivity contribution in [2.75, 3.05) is 46.6 Å². The molecule has 1 rings (SSSR count). The smallest absolute Gasteiger partial charge is 0.255 e. The number of nitrogens with two attached hydrogens (primary N) is 1. The second-order valence-electron chi connectivity index (χ2n) is 5.45. The lowest BCUT2D eigenvalue weighted by Gasteiger charge is -2.20. The number of hydrogen-bond acceptors (Lipinski definition) is 5. The summed E-state index contributed by atoms with van der Waals surface area (Å²) < 4.78 is 10.9. The van der Waals surface area contributed by atoms with E-state index in [4.69, 9.17) is 26.8 Å². The second kappa shape index (κ2) is 9.60. The average molecular weight is 344 g/mol. The Bertz CT molecular complexity index is 524. The SMILES string of the molecule is CCOC(CCN(C)C)CNC(=O)c1cc(Cl)c(N)cc1OC. The van der Waals surface area contributed by atoms with Crippen LogP contribution in [0.15, 0.2) is 12.1 Å². The summed E-state index contributed by atoms with van der Waals surface area (Å²) >= 11 is 5.99. The van der Waals surface area contributed by atoms with Crippen molar-refractivity contribution in [1.29, 1.82) is 0 Å². The van der Waals surface area contributed by atoms with Crippen LogP contribution < -0.4 is 15.8 Å². The second-order valence-corrected chi connectivity index (χ2v) is 5.86. The molecular formula is C16H26ClN3O3. The fraction of sp³-hybridized carbons (Fsp3) is 0.562. The minimum Gasteiger partial charge on any atom is -0.496 e. The molecule has 23 heavy (non-hydrogen) atoms. The molecule has 0 heterocycles. The van der Waals surface area contributed by atoms with Crippen molar-refractivity contribution in [3.8, 4) is 5.75 Å². The Kier molecular flexibility index (Phi) is 8.16. The van der Waals surface area contributed by atoms with Gasteiger partial charge in [-0.15, -0.1) is 0 Å². The molecule has 7 heteroatoms. The van der Waals surface area contributed by atoms with Gasteiger partial charge in [-0.1, -0.05) is 11.6 Å². The summed E-state index contributed by atoms with van der Waals surface area (Å²) in [5.74, 6) is 0.129. The number of halogens is 1. The van der Waals surface area contributed by atoms with Gasteiger partial charge in [0, 0.05) is 25.8 Å². The number of nitrogens with one attached hydrogen (secondary N) is 1. The molecule has 1 amide bonds. The third-order valence-corrected chi connectivity index (χ3v) is 3.68. The highest BCUT2D eigenvalue weighted by Crippen LogP contribution is 2.28. The predicted octanol–water partition coefficient (Wildman–Crippen LogP) is 2.02. The van der Waals surface area contributed by atoms with E-state index in [-0.39, 0.29) is 12.0 Å². The molecule has 0 saturated heterocycles. The van der Waals surface area contributed by atoms with Gasteiger partial charge in [-0.25, -0.2) is 0 Å². The molecule has 1 atom stereocenters. The fourth-order valence-corrected chi connectivity index (χ4v) is 2.26. The Morgan fingerprint density at radius 1 is 1.43 bits per heavy atom. The number of carbonyl (C=O) groups is 1. The van der Waals surface area contributed by atoms with Gasteiger partial charge in [0.05, 0.1) is 29.5 Å². The zero-order chi connectivity index (χ0) is 17.4. The molecule has 1 unspecified atom stereocenters. The lowest BCUT2D eigenvalue weighted by molar-refractivity contribution is 0.0495. The third kappa shape index (κ3) is 6.25. The van der Waals surface area contributed by atoms with Crippen LogP contribution >= 0.6 is 11.6 Å². The van der Waals surface area contributed by atoms with Crippen molar-refractivity contribution in [1.82, 2.24) is 10.2 Å². The molecule has 0 saturated carbocycles. The van der Waals surface area contributed by atoms with Crippen LogP contribution in [0.4, 0.5) is 5.69 Å². The molecule has 0 aliphatic carbocycles. The number of nitrogens with zero attached hydrogens (tertiary/aromatic N) is 1. The molecule has 1 aromatic carbocycles. The van der Waals surface area contributed by atoms with E-state index < -0.39 is 0 Å². The Morgan fingerprint density at radius 2 is 2.13 bits per heavy atom. The number of anilines is 1. The van der Waals surface area contributed by atoms with Crippen LogP contribution in [0.3, 0.4) is 0 Å². The van der Waals surface area contributed by atoms with E-state index in [2.05, 4.69) is 10.2 Å². The Balaban J connectivity index is 2.72. The predicted molar refractivity (Wildman–Crippen MR) is 93.3 cm³/mol. The van der Waals surface area contributed by atoms with Crippen LogP contribution in [-0.2, 0) is 4.74 Å². The minimum atomic E-state index is -0.265. The highest BCUT2D eigenvalue weighted by molar-refractivity contribution is 6.33. The molecule has 0 radical (unpaired) electrons. The van der Waals surface area contributed by atoms with Gasteiger partial charge in [0.25, 0.3) is 5.91 Å². The fourth-order valence-electron chi connectivity index (χ4n) is 2.10. The Hall–Kier alpha value is -1.50. The van der Waals surface area contributed by atoms with E-state index in [0.29, 0.717) is 35.2 Å². The van der Waals surface area contributed by atoms with Crippen molar-refractivity contribution in [2.24, 2.45) is 0 Å². The molecular weight excluding hydrogens is 318 g/mol. The van der Waals surface area contributed by atoms with Crippen molar-refractivity contribution in [2.45, 2.75) is 19.4 Å². The van der Waals surface area contributed by atoms with Gasteiger partial charge >= 0.3 is 0 Å².